The molecular formula is C22H29N3OS. The van der Waals surface area contributed by atoms with Crippen molar-refractivity contribution < 1.29 is 4.79 Å². The number of nitrogens with zero attached hydrogens (tertiary/aromatic N) is 3. The predicted molar refractivity (Wildman–Crippen MR) is 112 cm³/mol. The molecule has 4 rings (SSSR count). The smallest absolute Gasteiger partial charge is 0.232 e. The first-order valence-electron chi connectivity index (χ1n) is 10.3. The summed E-state index contributed by atoms with van der Waals surface area (Å²) in [5, 5.41) is 0.726. The Bertz CT molecular complexity index is 731. The van der Waals surface area contributed by atoms with Gasteiger partial charge in [-0.1, -0.05) is 43.2 Å². The number of rotatable bonds is 6. The standard InChI is InChI=1S/C22H29N3OS/c26-21(17-27-20-8-4-5-9-20)24-13-10-18(11-14-24)16-25-15-12-23-22(25)19-6-2-1-3-7-19/h1-3,6-7,12,15,18,20H,4-5,8-11,13-14,16-17H2. The van der Waals surface area contributed by atoms with Crippen LogP contribution in [0.15, 0.2) is 42.7 Å². The summed E-state index contributed by atoms with van der Waals surface area (Å²) in [6.45, 7) is 2.80. The van der Waals surface area contributed by atoms with Crippen LogP contribution in [0.1, 0.15) is 38.5 Å². The molecule has 0 unspecified atom stereocenters. The van der Waals surface area contributed by atoms with Gasteiger partial charge >= 0.3 is 0 Å². The van der Waals surface area contributed by atoms with E-state index in [0.29, 0.717) is 17.6 Å². The van der Waals surface area contributed by atoms with Crippen LogP contribution in [-0.4, -0.2) is 44.5 Å². The van der Waals surface area contributed by atoms with Gasteiger partial charge in [0.2, 0.25) is 5.91 Å². The molecule has 2 heterocycles. The van der Waals surface area contributed by atoms with E-state index < -0.39 is 0 Å². The number of hydrogen-bond donors (Lipinski definition) is 0. The highest BCUT2D eigenvalue weighted by Crippen LogP contribution is 2.30. The van der Waals surface area contributed by atoms with Gasteiger partial charge in [-0.15, -0.1) is 11.8 Å². The second kappa shape index (κ2) is 8.96. The minimum Gasteiger partial charge on any atom is -0.342 e. The van der Waals surface area contributed by atoms with E-state index in [0.717, 1.165) is 43.6 Å². The van der Waals surface area contributed by atoms with Gasteiger partial charge in [0.05, 0.1) is 5.75 Å². The molecule has 0 atom stereocenters. The molecular weight excluding hydrogens is 354 g/mol. The fraction of sp³-hybridized carbons (Fsp3) is 0.545. The molecule has 1 saturated carbocycles. The Morgan fingerprint density at radius 2 is 1.81 bits per heavy atom. The third-order valence-electron chi connectivity index (χ3n) is 5.91. The lowest BCUT2D eigenvalue weighted by atomic mass is 9.96. The monoisotopic (exact) mass is 383 g/mol. The van der Waals surface area contributed by atoms with Crippen LogP contribution in [0.25, 0.3) is 11.4 Å². The van der Waals surface area contributed by atoms with E-state index in [-0.39, 0.29) is 0 Å². The van der Waals surface area contributed by atoms with Crippen molar-refractivity contribution in [2.45, 2.75) is 50.3 Å². The Morgan fingerprint density at radius 3 is 2.56 bits per heavy atom. The maximum Gasteiger partial charge on any atom is 0.232 e. The average molecular weight is 384 g/mol. The van der Waals surface area contributed by atoms with Crippen molar-refractivity contribution in [1.82, 2.24) is 14.5 Å². The van der Waals surface area contributed by atoms with Crippen LogP contribution in [0.4, 0.5) is 0 Å². The Kier molecular flexibility index (Phi) is 6.17. The topological polar surface area (TPSA) is 38.1 Å². The zero-order valence-electron chi connectivity index (χ0n) is 15.9. The number of likely N-dealkylation sites (tertiary alicyclic amines) is 1. The van der Waals surface area contributed by atoms with Crippen molar-refractivity contribution in [2.24, 2.45) is 5.92 Å². The summed E-state index contributed by atoms with van der Waals surface area (Å²) in [5.41, 5.74) is 1.17. The molecule has 1 aromatic carbocycles. The first-order chi connectivity index (χ1) is 13.3. The maximum atomic E-state index is 12.5. The molecule has 1 aliphatic carbocycles. The molecule has 0 radical (unpaired) electrons. The van der Waals surface area contributed by atoms with E-state index in [1.54, 1.807) is 0 Å². The molecule has 1 saturated heterocycles. The molecule has 0 N–H and O–H groups in total. The summed E-state index contributed by atoms with van der Waals surface area (Å²) in [6, 6.07) is 10.4. The minimum atomic E-state index is 0.345. The summed E-state index contributed by atoms with van der Waals surface area (Å²) in [4.78, 5) is 19.1. The Hall–Kier alpha value is -1.75. The molecule has 2 aromatic rings. The van der Waals surface area contributed by atoms with Gasteiger partial charge in [0, 0.05) is 42.8 Å². The van der Waals surface area contributed by atoms with Gasteiger partial charge in [-0.3, -0.25) is 4.79 Å². The molecule has 2 aliphatic rings. The zero-order chi connectivity index (χ0) is 18.5. The lowest BCUT2D eigenvalue weighted by Gasteiger charge is -2.32. The van der Waals surface area contributed by atoms with Crippen molar-refractivity contribution in [2.75, 3.05) is 18.8 Å². The summed E-state index contributed by atoms with van der Waals surface area (Å²) >= 11 is 1.89. The van der Waals surface area contributed by atoms with E-state index in [4.69, 9.17) is 0 Å². The number of piperidine rings is 1. The molecule has 1 aliphatic heterocycles. The average Bonchev–Trinajstić information content (AvgIpc) is 3.39. The number of imidazole rings is 1. The fourth-order valence-electron chi connectivity index (χ4n) is 4.28. The predicted octanol–water partition coefficient (Wildman–Crippen LogP) is 4.46. The molecule has 0 spiro atoms. The highest BCUT2D eigenvalue weighted by Gasteiger charge is 2.25. The van der Waals surface area contributed by atoms with Crippen molar-refractivity contribution in [1.29, 1.82) is 0 Å². The number of aromatic nitrogens is 2. The van der Waals surface area contributed by atoms with Crippen molar-refractivity contribution in [3.05, 3.63) is 42.7 Å². The Morgan fingerprint density at radius 1 is 1.07 bits per heavy atom. The maximum absolute atomic E-state index is 12.5. The molecule has 144 valence electrons. The van der Waals surface area contributed by atoms with Gasteiger partial charge in [-0.05, 0) is 31.6 Å². The second-order valence-corrected chi connectivity index (χ2v) is 9.10. The highest BCUT2D eigenvalue weighted by molar-refractivity contribution is 8.00. The molecule has 2 fully saturated rings. The minimum absolute atomic E-state index is 0.345. The van der Waals surface area contributed by atoms with Crippen molar-refractivity contribution in [3.63, 3.8) is 0 Å². The molecule has 27 heavy (non-hydrogen) atoms. The normalized spacial score (nSPS) is 18.9. The van der Waals surface area contributed by atoms with Gasteiger partial charge in [-0.25, -0.2) is 4.98 Å². The quantitative estimate of drug-likeness (QED) is 0.739. The molecule has 0 bridgehead atoms. The summed E-state index contributed by atoms with van der Waals surface area (Å²) in [7, 11) is 0. The SMILES string of the molecule is O=C(CSC1CCCC1)N1CCC(Cn2ccnc2-c2ccccc2)CC1. The number of amides is 1. The van der Waals surface area contributed by atoms with Crippen LogP contribution in [0.2, 0.25) is 0 Å². The van der Waals surface area contributed by atoms with Gasteiger partial charge in [-0.2, -0.15) is 0 Å². The largest absolute Gasteiger partial charge is 0.342 e. The number of benzene rings is 1. The van der Waals surface area contributed by atoms with Crippen LogP contribution in [0.5, 0.6) is 0 Å². The third-order valence-corrected chi connectivity index (χ3v) is 7.27. The Balaban J connectivity index is 1.26. The first-order valence-corrected chi connectivity index (χ1v) is 11.3. The third kappa shape index (κ3) is 4.75. The van der Waals surface area contributed by atoms with Gasteiger partial charge in [0.25, 0.3) is 0 Å². The molecule has 1 amide bonds. The molecule has 4 nitrogen and oxygen atoms in total. The lowest BCUT2D eigenvalue weighted by molar-refractivity contribution is -0.129. The van der Waals surface area contributed by atoms with Crippen molar-refractivity contribution >= 4 is 17.7 Å². The molecule has 1 aromatic heterocycles. The van der Waals surface area contributed by atoms with E-state index >= 15 is 0 Å². The van der Waals surface area contributed by atoms with E-state index in [1.165, 1.54) is 31.2 Å². The summed E-state index contributed by atoms with van der Waals surface area (Å²) < 4.78 is 2.27. The zero-order valence-corrected chi connectivity index (χ0v) is 16.7. The highest BCUT2D eigenvalue weighted by atomic mass is 32.2. The van der Waals surface area contributed by atoms with Crippen molar-refractivity contribution in [3.8, 4) is 11.4 Å². The van der Waals surface area contributed by atoms with Crippen LogP contribution < -0.4 is 0 Å². The first kappa shape index (κ1) is 18.6. The summed E-state index contributed by atoms with van der Waals surface area (Å²) in [5.74, 6) is 2.68. The molecule has 5 heteroatoms. The fourth-order valence-corrected chi connectivity index (χ4v) is 5.51. The van der Waals surface area contributed by atoms with Crippen LogP contribution >= 0.6 is 11.8 Å². The van der Waals surface area contributed by atoms with Crippen LogP contribution in [0, 0.1) is 5.92 Å². The van der Waals surface area contributed by atoms with E-state index in [9.17, 15) is 4.79 Å². The van der Waals surface area contributed by atoms with Crippen LogP contribution in [-0.2, 0) is 11.3 Å². The second-order valence-electron chi connectivity index (χ2n) is 7.81. The van der Waals surface area contributed by atoms with Gasteiger partial charge in [0.15, 0.2) is 0 Å². The summed E-state index contributed by atoms with van der Waals surface area (Å²) in [6.07, 6.45) is 11.4. The number of thioether (sulfide) groups is 1. The van der Waals surface area contributed by atoms with Gasteiger partial charge in [0.1, 0.15) is 5.82 Å². The number of carbonyl (C=O) groups is 1. The number of carbonyl (C=O) groups excluding carboxylic acids is 1. The number of hydrogen-bond acceptors (Lipinski definition) is 3. The lowest BCUT2D eigenvalue weighted by Crippen LogP contribution is -2.40. The van der Waals surface area contributed by atoms with Gasteiger partial charge < -0.3 is 9.47 Å². The van der Waals surface area contributed by atoms with E-state index in [2.05, 4.69) is 44.9 Å². The van der Waals surface area contributed by atoms with Crippen LogP contribution in [0.3, 0.4) is 0 Å². The Labute approximate surface area is 166 Å². The van der Waals surface area contributed by atoms with E-state index in [1.807, 2.05) is 24.0 Å².